The molecule has 2 aliphatic carbocycles. The highest BCUT2D eigenvalue weighted by molar-refractivity contribution is 5.77. The van der Waals surface area contributed by atoms with Gasteiger partial charge in [0.2, 0.25) is 0 Å². The average Bonchev–Trinajstić information content (AvgIpc) is 2.68. The molecule has 0 aliphatic heterocycles. The average molecular weight is 250 g/mol. The van der Waals surface area contributed by atoms with Crippen LogP contribution in [0.3, 0.4) is 0 Å². The SMILES string of the molecule is O=C(O)[C@H]1[C@H]2c3ccccc3C[C@@H]1c1ccccc12. The molecule has 0 spiro atoms. The summed E-state index contributed by atoms with van der Waals surface area (Å²) in [7, 11) is 0. The Balaban J connectivity index is 2.00. The zero-order chi connectivity index (χ0) is 13.0. The molecular weight excluding hydrogens is 236 g/mol. The second-order valence-corrected chi connectivity index (χ2v) is 5.48. The fourth-order valence-electron chi connectivity index (χ4n) is 3.92. The van der Waals surface area contributed by atoms with E-state index in [1.807, 2.05) is 24.3 Å². The van der Waals surface area contributed by atoms with E-state index in [4.69, 9.17) is 0 Å². The molecule has 0 fully saturated rings. The van der Waals surface area contributed by atoms with Gasteiger partial charge >= 0.3 is 5.97 Å². The molecular formula is C17H14O2. The molecule has 2 aromatic carbocycles. The molecule has 19 heavy (non-hydrogen) atoms. The second-order valence-electron chi connectivity index (χ2n) is 5.48. The Morgan fingerprint density at radius 3 is 2.32 bits per heavy atom. The van der Waals surface area contributed by atoms with Crippen molar-refractivity contribution in [2.24, 2.45) is 5.92 Å². The van der Waals surface area contributed by atoms with Gasteiger partial charge in [0.1, 0.15) is 0 Å². The lowest BCUT2D eigenvalue weighted by molar-refractivity contribution is -0.142. The van der Waals surface area contributed by atoms with Crippen LogP contribution < -0.4 is 0 Å². The van der Waals surface area contributed by atoms with E-state index < -0.39 is 5.97 Å². The minimum absolute atomic E-state index is 0.0312. The predicted octanol–water partition coefficient (Wildman–Crippen LogP) is 3.17. The highest BCUT2D eigenvalue weighted by Gasteiger charge is 2.48. The zero-order valence-corrected chi connectivity index (χ0v) is 10.4. The highest BCUT2D eigenvalue weighted by atomic mass is 16.4. The molecule has 2 aromatic rings. The molecule has 2 heteroatoms. The minimum Gasteiger partial charge on any atom is -0.481 e. The summed E-state index contributed by atoms with van der Waals surface area (Å²) in [6.07, 6.45) is 0.848. The number of carbonyl (C=O) groups is 1. The van der Waals surface area contributed by atoms with Crippen molar-refractivity contribution in [1.29, 1.82) is 0 Å². The van der Waals surface area contributed by atoms with Gasteiger partial charge in [-0.05, 0) is 28.7 Å². The van der Waals surface area contributed by atoms with Crippen molar-refractivity contribution in [3.8, 4) is 0 Å². The van der Waals surface area contributed by atoms with Crippen LogP contribution >= 0.6 is 0 Å². The number of fused-ring (bicyclic) bond motifs is 7. The Labute approximate surface area is 111 Å². The molecule has 3 atom stereocenters. The molecule has 0 saturated carbocycles. The Morgan fingerprint density at radius 2 is 1.58 bits per heavy atom. The molecule has 0 unspecified atom stereocenters. The van der Waals surface area contributed by atoms with E-state index >= 15 is 0 Å². The third kappa shape index (κ3) is 1.34. The van der Waals surface area contributed by atoms with Crippen LogP contribution in [-0.4, -0.2) is 11.1 Å². The van der Waals surface area contributed by atoms with Gasteiger partial charge in [0, 0.05) is 11.8 Å². The number of carboxylic acid groups (broad SMARTS) is 1. The Bertz CT molecular complexity index is 663. The molecule has 2 aliphatic rings. The van der Waals surface area contributed by atoms with E-state index in [1.165, 1.54) is 22.3 Å². The van der Waals surface area contributed by atoms with Gasteiger partial charge in [-0.3, -0.25) is 4.79 Å². The summed E-state index contributed by atoms with van der Waals surface area (Å²) in [6.45, 7) is 0. The number of aliphatic carboxylic acids is 1. The standard InChI is InChI=1S/C17H14O2/c18-17(19)16-14-9-10-5-1-2-6-11(10)15(16)13-8-4-3-7-12(13)14/h1-8,14-16H,9H2,(H,18,19)/t14-,15+,16-/m1/s1. The molecule has 4 rings (SSSR count). The maximum atomic E-state index is 11.7. The van der Waals surface area contributed by atoms with Gasteiger partial charge in [0.05, 0.1) is 5.92 Å². The summed E-state index contributed by atoms with van der Waals surface area (Å²) in [6, 6.07) is 16.5. The highest BCUT2D eigenvalue weighted by Crippen LogP contribution is 2.55. The fraction of sp³-hybridized carbons (Fsp3) is 0.235. The van der Waals surface area contributed by atoms with Crippen molar-refractivity contribution in [3.63, 3.8) is 0 Å². The Morgan fingerprint density at radius 1 is 0.947 bits per heavy atom. The van der Waals surface area contributed by atoms with Gasteiger partial charge in [0.25, 0.3) is 0 Å². The van der Waals surface area contributed by atoms with E-state index in [9.17, 15) is 9.90 Å². The largest absolute Gasteiger partial charge is 0.481 e. The van der Waals surface area contributed by atoms with Crippen LogP contribution in [0.2, 0.25) is 0 Å². The number of rotatable bonds is 1. The van der Waals surface area contributed by atoms with Crippen molar-refractivity contribution in [3.05, 3.63) is 70.8 Å². The van der Waals surface area contributed by atoms with Crippen LogP contribution in [-0.2, 0) is 11.2 Å². The molecule has 0 saturated heterocycles. The smallest absolute Gasteiger partial charge is 0.308 e. The van der Waals surface area contributed by atoms with E-state index in [-0.39, 0.29) is 17.8 Å². The van der Waals surface area contributed by atoms with Crippen LogP contribution in [0.15, 0.2) is 48.5 Å². The Hall–Kier alpha value is -2.09. The van der Waals surface area contributed by atoms with E-state index in [1.54, 1.807) is 0 Å². The van der Waals surface area contributed by atoms with Crippen molar-refractivity contribution < 1.29 is 9.90 Å². The normalized spacial score (nSPS) is 26.6. The van der Waals surface area contributed by atoms with Crippen molar-refractivity contribution in [2.75, 3.05) is 0 Å². The summed E-state index contributed by atoms with van der Waals surface area (Å²) >= 11 is 0. The summed E-state index contributed by atoms with van der Waals surface area (Å²) in [4.78, 5) is 11.7. The van der Waals surface area contributed by atoms with E-state index in [0.29, 0.717) is 0 Å². The van der Waals surface area contributed by atoms with Gasteiger partial charge in [-0.15, -0.1) is 0 Å². The van der Waals surface area contributed by atoms with Crippen molar-refractivity contribution in [1.82, 2.24) is 0 Å². The van der Waals surface area contributed by atoms with Crippen molar-refractivity contribution >= 4 is 5.97 Å². The molecule has 0 heterocycles. The lowest BCUT2D eigenvalue weighted by Gasteiger charge is -2.29. The monoisotopic (exact) mass is 250 g/mol. The van der Waals surface area contributed by atoms with Crippen LogP contribution in [0.5, 0.6) is 0 Å². The van der Waals surface area contributed by atoms with Gasteiger partial charge < -0.3 is 5.11 Å². The third-order valence-corrected chi connectivity index (χ3v) is 4.64. The predicted molar refractivity (Wildman–Crippen MR) is 72.3 cm³/mol. The zero-order valence-electron chi connectivity index (χ0n) is 10.4. The van der Waals surface area contributed by atoms with Crippen LogP contribution in [0, 0.1) is 5.92 Å². The number of carboxylic acids is 1. The van der Waals surface area contributed by atoms with Crippen molar-refractivity contribution in [2.45, 2.75) is 18.3 Å². The fourth-order valence-corrected chi connectivity index (χ4v) is 3.92. The van der Waals surface area contributed by atoms with Gasteiger partial charge in [-0.1, -0.05) is 48.5 Å². The minimum atomic E-state index is -0.666. The number of hydrogen-bond acceptors (Lipinski definition) is 1. The molecule has 2 bridgehead atoms. The van der Waals surface area contributed by atoms with E-state index in [2.05, 4.69) is 24.3 Å². The topological polar surface area (TPSA) is 37.3 Å². The summed E-state index contributed by atoms with van der Waals surface area (Å²) in [5.41, 5.74) is 4.96. The Kier molecular flexibility index (Phi) is 2.10. The lowest BCUT2D eigenvalue weighted by atomic mass is 9.73. The van der Waals surface area contributed by atoms with Gasteiger partial charge in [0.15, 0.2) is 0 Å². The van der Waals surface area contributed by atoms with Crippen LogP contribution in [0.1, 0.15) is 34.1 Å². The summed E-state index contributed by atoms with van der Waals surface area (Å²) in [5.74, 6) is -0.801. The first-order valence-electron chi connectivity index (χ1n) is 6.67. The molecule has 0 radical (unpaired) electrons. The van der Waals surface area contributed by atoms with Gasteiger partial charge in [-0.2, -0.15) is 0 Å². The summed E-state index contributed by atoms with van der Waals surface area (Å²) < 4.78 is 0. The molecule has 1 N–H and O–H groups in total. The maximum Gasteiger partial charge on any atom is 0.308 e. The number of benzene rings is 2. The first kappa shape index (κ1) is 10.8. The first-order valence-corrected chi connectivity index (χ1v) is 6.67. The molecule has 0 amide bonds. The first-order chi connectivity index (χ1) is 9.27. The van der Waals surface area contributed by atoms with E-state index in [0.717, 1.165) is 6.42 Å². The second kappa shape index (κ2) is 3.70. The molecule has 2 nitrogen and oxygen atoms in total. The summed E-state index contributed by atoms with van der Waals surface area (Å²) in [5, 5.41) is 9.62. The quantitative estimate of drug-likeness (QED) is 0.844. The van der Waals surface area contributed by atoms with Gasteiger partial charge in [-0.25, -0.2) is 0 Å². The number of hydrogen-bond donors (Lipinski definition) is 1. The molecule has 94 valence electrons. The molecule has 0 aromatic heterocycles. The van der Waals surface area contributed by atoms with Crippen LogP contribution in [0.25, 0.3) is 0 Å². The lowest BCUT2D eigenvalue weighted by Crippen LogP contribution is -2.28. The third-order valence-electron chi connectivity index (χ3n) is 4.64. The maximum absolute atomic E-state index is 11.7. The van der Waals surface area contributed by atoms with Crippen LogP contribution in [0.4, 0.5) is 0 Å².